The Morgan fingerprint density at radius 2 is 2.20 bits per heavy atom. The maximum absolute atomic E-state index is 4.38. The van der Waals surface area contributed by atoms with Gasteiger partial charge in [-0.2, -0.15) is 0 Å². The molecule has 4 nitrogen and oxygen atoms in total. The Morgan fingerprint density at radius 1 is 1.40 bits per heavy atom. The normalized spacial score (nSPS) is 25.9. The molecule has 1 aromatic heterocycles. The van der Waals surface area contributed by atoms with E-state index in [2.05, 4.69) is 47.9 Å². The summed E-state index contributed by atoms with van der Waals surface area (Å²) < 4.78 is 0. The molecule has 0 saturated carbocycles. The van der Waals surface area contributed by atoms with Crippen molar-refractivity contribution in [3.8, 4) is 0 Å². The van der Waals surface area contributed by atoms with Gasteiger partial charge in [0.2, 0.25) is 0 Å². The second-order valence-corrected chi connectivity index (χ2v) is 6.34. The molecule has 112 valence electrons. The van der Waals surface area contributed by atoms with Gasteiger partial charge in [0, 0.05) is 37.9 Å². The predicted molar refractivity (Wildman–Crippen MR) is 82.3 cm³/mol. The highest BCUT2D eigenvalue weighted by Crippen LogP contribution is 2.21. The van der Waals surface area contributed by atoms with E-state index in [0.29, 0.717) is 18.0 Å². The molecule has 0 spiro atoms. The number of nitrogens with one attached hydrogen (secondary N) is 1. The smallest absolute Gasteiger partial charge is 0.115 e. The minimum atomic E-state index is 0.588. The van der Waals surface area contributed by atoms with E-state index in [9.17, 15) is 0 Å². The highest BCUT2D eigenvalue weighted by Gasteiger charge is 2.31. The van der Waals surface area contributed by atoms with Gasteiger partial charge in [-0.05, 0) is 17.9 Å². The van der Waals surface area contributed by atoms with Crippen molar-refractivity contribution in [1.29, 1.82) is 0 Å². The van der Waals surface area contributed by atoms with Crippen molar-refractivity contribution in [1.82, 2.24) is 20.2 Å². The average Bonchev–Trinajstić information content (AvgIpc) is 2.47. The van der Waals surface area contributed by atoms with Gasteiger partial charge >= 0.3 is 0 Å². The van der Waals surface area contributed by atoms with Gasteiger partial charge in [0.1, 0.15) is 6.33 Å². The highest BCUT2D eigenvalue weighted by molar-refractivity contribution is 5.00. The molecule has 0 bridgehead atoms. The molecule has 3 atom stereocenters. The standard InChI is InChI=1S/C16H28N4/c1-5-13(4)15-10-20(16(8-18-15)12(2)3)9-14-6-7-17-11-19-14/h6-7,11-13,15-16,18H,5,8-10H2,1-4H3. The van der Waals surface area contributed by atoms with Crippen LogP contribution in [0.3, 0.4) is 0 Å². The van der Waals surface area contributed by atoms with E-state index in [1.54, 1.807) is 6.33 Å². The fraction of sp³-hybridized carbons (Fsp3) is 0.750. The van der Waals surface area contributed by atoms with Crippen molar-refractivity contribution < 1.29 is 0 Å². The predicted octanol–water partition coefficient (Wildman–Crippen LogP) is 2.32. The largest absolute Gasteiger partial charge is 0.311 e. The van der Waals surface area contributed by atoms with Crippen molar-refractivity contribution in [2.75, 3.05) is 13.1 Å². The summed E-state index contributed by atoms with van der Waals surface area (Å²) >= 11 is 0. The fourth-order valence-corrected chi connectivity index (χ4v) is 2.98. The lowest BCUT2D eigenvalue weighted by Gasteiger charge is -2.44. The summed E-state index contributed by atoms with van der Waals surface area (Å²) in [6.07, 6.45) is 4.71. The minimum absolute atomic E-state index is 0.588. The summed E-state index contributed by atoms with van der Waals surface area (Å²) in [4.78, 5) is 11.0. The summed E-state index contributed by atoms with van der Waals surface area (Å²) in [6.45, 7) is 12.4. The highest BCUT2D eigenvalue weighted by atomic mass is 15.2. The van der Waals surface area contributed by atoms with E-state index < -0.39 is 0 Å². The van der Waals surface area contributed by atoms with Crippen LogP contribution in [0.15, 0.2) is 18.6 Å². The number of aromatic nitrogens is 2. The third-order valence-electron chi connectivity index (χ3n) is 4.60. The van der Waals surface area contributed by atoms with Gasteiger partial charge in [0.15, 0.2) is 0 Å². The number of piperazine rings is 1. The molecule has 2 heterocycles. The van der Waals surface area contributed by atoms with E-state index >= 15 is 0 Å². The zero-order chi connectivity index (χ0) is 14.5. The molecule has 1 aromatic rings. The quantitative estimate of drug-likeness (QED) is 0.896. The van der Waals surface area contributed by atoms with Crippen molar-refractivity contribution in [2.45, 2.75) is 52.7 Å². The van der Waals surface area contributed by atoms with Crippen molar-refractivity contribution in [3.05, 3.63) is 24.3 Å². The molecule has 1 fully saturated rings. The molecule has 1 N–H and O–H groups in total. The van der Waals surface area contributed by atoms with Gasteiger partial charge in [0.25, 0.3) is 0 Å². The zero-order valence-corrected chi connectivity index (χ0v) is 13.2. The second-order valence-electron chi connectivity index (χ2n) is 6.34. The number of hydrogen-bond acceptors (Lipinski definition) is 4. The second kappa shape index (κ2) is 7.14. The van der Waals surface area contributed by atoms with Crippen LogP contribution in [-0.4, -0.2) is 40.0 Å². The van der Waals surface area contributed by atoms with Crippen LogP contribution in [0.5, 0.6) is 0 Å². The maximum atomic E-state index is 4.38. The Balaban J connectivity index is 2.07. The Kier molecular flexibility index (Phi) is 5.49. The number of rotatable bonds is 5. The zero-order valence-electron chi connectivity index (χ0n) is 13.2. The van der Waals surface area contributed by atoms with E-state index in [-0.39, 0.29) is 0 Å². The lowest BCUT2D eigenvalue weighted by atomic mass is 9.92. The molecule has 20 heavy (non-hydrogen) atoms. The molecule has 1 saturated heterocycles. The van der Waals surface area contributed by atoms with Crippen LogP contribution >= 0.6 is 0 Å². The third kappa shape index (κ3) is 3.76. The Bertz CT molecular complexity index is 393. The van der Waals surface area contributed by atoms with Crippen molar-refractivity contribution >= 4 is 0 Å². The van der Waals surface area contributed by atoms with Crippen LogP contribution in [0.4, 0.5) is 0 Å². The summed E-state index contributed by atoms with van der Waals surface area (Å²) in [6, 6.07) is 3.21. The van der Waals surface area contributed by atoms with Crippen LogP contribution in [0, 0.1) is 11.8 Å². The lowest BCUT2D eigenvalue weighted by Crippen LogP contribution is -2.59. The fourth-order valence-electron chi connectivity index (χ4n) is 2.98. The topological polar surface area (TPSA) is 41.1 Å². The molecule has 1 aliphatic rings. The van der Waals surface area contributed by atoms with Gasteiger partial charge in [-0.15, -0.1) is 0 Å². The summed E-state index contributed by atoms with van der Waals surface area (Å²) in [5, 5.41) is 3.74. The molecule has 0 amide bonds. The Labute approximate surface area is 123 Å². The third-order valence-corrected chi connectivity index (χ3v) is 4.60. The monoisotopic (exact) mass is 276 g/mol. The van der Waals surface area contributed by atoms with Crippen LogP contribution in [0.2, 0.25) is 0 Å². The van der Waals surface area contributed by atoms with Crippen LogP contribution in [0.25, 0.3) is 0 Å². The molecule has 0 aliphatic carbocycles. The number of nitrogens with zero attached hydrogens (tertiary/aromatic N) is 3. The van der Waals surface area contributed by atoms with Gasteiger partial charge in [-0.1, -0.05) is 34.1 Å². The van der Waals surface area contributed by atoms with E-state index in [1.807, 2.05) is 12.3 Å². The molecule has 3 unspecified atom stereocenters. The van der Waals surface area contributed by atoms with E-state index in [1.165, 1.54) is 6.42 Å². The maximum Gasteiger partial charge on any atom is 0.115 e. The first-order valence-electron chi connectivity index (χ1n) is 7.84. The first-order valence-corrected chi connectivity index (χ1v) is 7.84. The SMILES string of the molecule is CCC(C)C1CN(Cc2ccncn2)C(C(C)C)CN1. The molecule has 1 aliphatic heterocycles. The average molecular weight is 276 g/mol. The molecular formula is C16H28N4. The molecule has 0 radical (unpaired) electrons. The number of hydrogen-bond donors (Lipinski definition) is 1. The van der Waals surface area contributed by atoms with E-state index in [0.717, 1.165) is 31.2 Å². The summed E-state index contributed by atoms with van der Waals surface area (Å²) in [7, 11) is 0. The Morgan fingerprint density at radius 3 is 2.80 bits per heavy atom. The lowest BCUT2D eigenvalue weighted by molar-refractivity contribution is 0.0741. The minimum Gasteiger partial charge on any atom is -0.311 e. The van der Waals surface area contributed by atoms with Gasteiger partial charge < -0.3 is 5.32 Å². The van der Waals surface area contributed by atoms with Crippen LogP contribution in [-0.2, 0) is 6.54 Å². The summed E-state index contributed by atoms with van der Waals surface area (Å²) in [5.74, 6) is 1.37. The van der Waals surface area contributed by atoms with Crippen LogP contribution < -0.4 is 5.32 Å². The Hall–Kier alpha value is -1.00. The van der Waals surface area contributed by atoms with Crippen LogP contribution in [0.1, 0.15) is 39.8 Å². The molecule has 0 aromatic carbocycles. The van der Waals surface area contributed by atoms with E-state index in [4.69, 9.17) is 0 Å². The first-order chi connectivity index (χ1) is 9.61. The van der Waals surface area contributed by atoms with Crippen molar-refractivity contribution in [2.24, 2.45) is 11.8 Å². The molecular weight excluding hydrogens is 248 g/mol. The molecule has 4 heteroatoms. The van der Waals surface area contributed by atoms with Gasteiger partial charge in [-0.3, -0.25) is 4.90 Å². The first kappa shape index (κ1) is 15.4. The van der Waals surface area contributed by atoms with Crippen molar-refractivity contribution in [3.63, 3.8) is 0 Å². The van der Waals surface area contributed by atoms with Gasteiger partial charge in [0.05, 0.1) is 5.69 Å². The van der Waals surface area contributed by atoms with Gasteiger partial charge in [-0.25, -0.2) is 9.97 Å². The molecule has 2 rings (SSSR count). The summed E-state index contributed by atoms with van der Waals surface area (Å²) in [5.41, 5.74) is 1.12.